The molecule has 0 atom stereocenters. The van der Waals surface area contributed by atoms with Crippen LogP contribution < -0.4 is 10.2 Å². The molecule has 2 aromatic heterocycles. The zero-order valence-electron chi connectivity index (χ0n) is 16.5. The summed E-state index contributed by atoms with van der Waals surface area (Å²) in [5, 5.41) is 2.89. The summed E-state index contributed by atoms with van der Waals surface area (Å²) in [6.07, 6.45) is 4.16. The SMILES string of the molecule is CN1CCN(c2ccc(NC(=O)CCc3ncc(-c4ccccc4)o3)cn2)CC1. The van der Waals surface area contributed by atoms with E-state index >= 15 is 0 Å². The predicted octanol–water partition coefficient (Wildman–Crippen LogP) is 3.06. The van der Waals surface area contributed by atoms with Gasteiger partial charge in [0.15, 0.2) is 11.7 Å². The van der Waals surface area contributed by atoms with E-state index in [0.29, 0.717) is 30.2 Å². The van der Waals surface area contributed by atoms with Crippen molar-refractivity contribution in [2.45, 2.75) is 12.8 Å². The van der Waals surface area contributed by atoms with Crippen LogP contribution >= 0.6 is 0 Å². The second-order valence-corrected chi connectivity index (χ2v) is 7.23. The number of nitrogens with one attached hydrogen (secondary N) is 1. The number of oxazole rings is 1. The Morgan fingerprint density at radius 2 is 1.83 bits per heavy atom. The fourth-order valence-electron chi connectivity index (χ4n) is 3.29. The zero-order valence-corrected chi connectivity index (χ0v) is 16.5. The van der Waals surface area contributed by atoms with Crippen LogP contribution in [0.4, 0.5) is 11.5 Å². The molecule has 1 N–H and O–H groups in total. The number of benzene rings is 1. The van der Waals surface area contributed by atoms with E-state index in [2.05, 4.69) is 32.1 Å². The molecule has 1 saturated heterocycles. The lowest BCUT2D eigenvalue weighted by Gasteiger charge is -2.33. The van der Waals surface area contributed by atoms with Crippen LogP contribution in [0.5, 0.6) is 0 Å². The molecule has 0 radical (unpaired) electrons. The van der Waals surface area contributed by atoms with Gasteiger partial charge >= 0.3 is 0 Å². The minimum Gasteiger partial charge on any atom is -0.441 e. The predicted molar refractivity (Wildman–Crippen MR) is 113 cm³/mol. The fraction of sp³-hybridized carbons (Fsp3) is 0.318. The largest absolute Gasteiger partial charge is 0.441 e. The number of rotatable bonds is 6. The molecule has 1 aliphatic heterocycles. The van der Waals surface area contributed by atoms with E-state index in [9.17, 15) is 4.79 Å². The van der Waals surface area contributed by atoms with Crippen molar-refractivity contribution >= 4 is 17.4 Å². The van der Waals surface area contributed by atoms with Crippen molar-refractivity contribution in [2.75, 3.05) is 43.4 Å². The lowest BCUT2D eigenvalue weighted by molar-refractivity contribution is -0.116. The number of amides is 1. The molecule has 0 saturated carbocycles. The molecule has 0 aliphatic carbocycles. The summed E-state index contributed by atoms with van der Waals surface area (Å²) >= 11 is 0. The normalized spacial score (nSPS) is 14.7. The molecule has 29 heavy (non-hydrogen) atoms. The molecule has 4 rings (SSSR count). The van der Waals surface area contributed by atoms with E-state index in [1.807, 2.05) is 42.5 Å². The summed E-state index contributed by atoms with van der Waals surface area (Å²) in [6, 6.07) is 13.7. The van der Waals surface area contributed by atoms with Crippen LogP contribution in [-0.2, 0) is 11.2 Å². The molecule has 150 valence electrons. The topological polar surface area (TPSA) is 74.5 Å². The fourth-order valence-corrected chi connectivity index (χ4v) is 3.29. The maximum Gasteiger partial charge on any atom is 0.224 e. The molecule has 3 aromatic rings. The Morgan fingerprint density at radius 1 is 1.03 bits per heavy atom. The van der Waals surface area contributed by atoms with E-state index in [1.165, 1.54) is 0 Å². The van der Waals surface area contributed by atoms with Crippen molar-refractivity contribution in [3.05, 3.63) is 60.7 Å². The van der Waals surface area contributed by atoms with Gasteiger partial charge in [-0.15, -0.1) is 0 Å². The Kier molecular flexibility index (Phi) is 5.86. The summed E-state index contributed by atoms with van der Waals surface area (Å²) in [4.78, 5) is 25.6. The molecule has 7 heteroatoms. The minimum absolute atomic E-state index is 0.0846. The summed E-state index contributed by atoms with van der Waals surface area (Å²) in [5.74, 6) is 2.13. The minimum atomic E-state index is -0.0846. The zero-order chi connectivity index (χ0) is 20.1. The van der Waals surface area contributed by atoms with Gasteiger partial charge in [-0.1, -0.05) is 30.3 Å². The number of anilines is 2. The number of likely N-dealkylation sites (N-methyl/N-ethyl adjacent to an activating group) is 1. The monoisotopic (exact) mass is 391 g/mol. The third kappa shape index (κ3) is 5.00. The van der Waals surface area contributed by atoms with Gasteiger partial charge in [-0.25, -0.2) is 9.97 Å². The highest BCUT2D eigenvalue weighted by Gasteiger charge is 2.15. The van der Waals surface area contributed by atoms with Gasteiger partial charge in [0.25, 0.3) is 0 Å². The molecule has 7 nitrogen and oxygen atoms in total. The average molecular weight is 391 g/mol. The van der Waals surface area contributed by atoms with Crippen molar-refractivity contribution in [2.24, 2.45) is 0 Å². The Bertz CT molecular complexity index is 931. The van der Waals surface area contributed by atoms with Crippen LogP contribution in [0.2, 0.25) is 0 Å². The van der Waals surface area contributed by atoms with Gasteiger partial charge in [0.2, 0.25) is 5.91 Å². The van der Waals surface area contributed by atoms with E-state index in [-0.39, 0.29) is 5.91 Å². The third-order valence-corrected chi connectivity index (χ3v) is 5.04. The Balaban J connectivity index is 1.27. The van der Waals surface area contributed by atoms with Crippen LogP contribution in [0.1, 0.15) is 12.3 Å². The lowest BCUT2D eigenvalue weighted by Crippen LogP contribution is -2.44. The number of carbonyl (C=O) groups excluding carboxylic acids is 1. The summed E-state index contributed by atoms with van der Waals surface area (Å²) in [5.41, 5.74) is 1.67. The molecular formula is C22H25N5O2. The Hall–Kier alpha value is -3.19. The van der Waals surface area contributed by atoms with Crippen LogP contribution in [0.15, 0.2) is 59.3 Å². The maximum atomic E-state index is 12.3. The van der Waals surface area contributed by atoms with E-state index < -0.39 is 0 Å². The molecule has 1 fully saturated rings. The van der Waals surface area contributed by atoms with E-state index in [1.54, 1.807) is 12.4 Å². The summed E-state index contributed by atoms with van der Waals surface area (Å²) in [7, 11) is 2.13. The van der Waals surface area contributed by atoms with Gasteiger partial charge in [-0.2, -0.15) is 0 Å². The molecule has 1 aromatic carbocycles. The molecule has 3 heterocycles. The number of nitrogens with zero attached hydrogens (tertiary/aromatic N) is 4. The van der Waals surface area contributed by atoms with Crippen LogP contribution in [0.3, 0.4) is 0 Å². The van der Waals surface area contributed by atoms with Gasteiger partial charge in [0, 0.05) is 44.6 Å². The van der Waals surface area contributed by atoms with Crippen molar-refractivity contribution in [1.82, 2.24) is 14.9 Å². The number of hydrogen-bond donors (Lipinski definition) is 1. The highest BCUT2D eigenvalue weighted by atomic mass is 16.4. The quantitative estimate of drug-likeness (QED) is 0.696. The highest BCUT2D eigenvalue weighted by Crippen LogP contribution is 2.20. The maximum absolute atomic E-state index is 12.3. The summed E-state index contributed by atoms with van der Waals surface area (Å²) in [6.45, 7) is 4.01. The number of pyridine rings is 1. The number of piperazine rings is 1. The van der Waals surface area contributed by atoms with Gasteiger partial charge in [0.05, 0.1) is 18.1 Å². The third-order valence-electron chi connectivity index (χ3n) is 5.04. The van der Waals surface area contributed by atoms with Crippen molar-refractivity contribution in [3.63, 3.8) is 0 Å². The summed E-state index contributed by atoms with van der Waals surface area (Å²) < 4.78 is 5.75. The van der Waals surface area contributed by atoms with Gasteiger partial charge in [0.1, 0.15) is 5.82 Å². The molecular weight excluding hydrogens is 366 g/mol. The van der Waals surface area contributed by atoms with Crippen LogP contribution in [0.25, 0.3) is 11.3 Å². The second-order valence-electron chi connectivity index (χ2n) is 7.23. The number of carbonyl (C=O) groups is 1. The first-order valence-electron chi connectivity index (χ1n) is 9.87. The smallest absolute Gasteiger partial charge is 0.224 e. The number of aryl methyl sites for hydroxylation is 1. The van der Waals surface area contributed by atoms with Crippen molar-refractivity contribution in [3.8, 4) is 11.3 Å². The first-order chi connectivity index (χ1) is 14.2. The molecule has 0 spiro atoms. The first-order valence-corrected chi connectivity index (χ1v) is 9.87. The standard InChI is InChI=1S/C22H25N5O2/c1-26-11-13-27(14-12-26)20-8-7-18(15-23-20)25-21(28)9-10-22-24-16-19(29-22)17-5-3-2-4-6-17/h2-8,15-16H,9-14H2,1H3,(H,25,28). The highest BCUT2D eigenvalue weighted by molar-refractivity contribution is 5.90. The van der Waals surface area contributed by atoms with Crippen LogP contribution in [0, 0.1) is 0 Å². The molecule has 0 bridgehead atoms. The van der Waals surface area contributed by atoms with Crippen molar-refractivity contribution in [1.29, 1.82) is 0 Å². The molecule has 0 unspecified atom stereocenters. The number of aromatic nitrogens is 2. The second kappa shape index (κ2) is 8.87. The Morgan fingerprint density at radius 3 is 2.55 bits per heavy atom. The number of hydrogen-bond acceptors (Lipinski definition) is 6. The van der Waals surface area contributed by atoms with Crippen LogP contribution in [-0.4, -0.2) is 54.0 Å². The van der Waals surface area contributed by atoms with Gasteiger partial charge in [-0.3, -0.25) is 4.79 Å². The first kappa shape index (κ1) is 19.1. The van der Waals surface area contributed by atoms with Gasteiger partial charge < -0.3 is 19.5 Å². The Labute approximate surface area is 170 Å². The molecule has 1 aliphatic rings. The lowest BCUT2D eigenvalue weighted by atomic mass is 10.2. The van der Waals surface area contributed by atoms with E-state index in [0.717, 1.165) is 37.6 Å². The van der Waals surface area contributed by atoms with Gasteiger partial charge in [-0.05, 0) is 19.2 Å². The van der Waals surface area contributed by atoms with E-state index in [4.69, 9.17) is 4.42 Å². The average Bonchev–Trinajstić information content (AvgIpc) is 3.23. The van der Waals surface area contributed by atoms with Crippen molar-refractivity contribution < 1.29 is 9.21 Å². The molecule has 1 amide bonds.